The van der Waals surface area contributed by atoms with Crippen molar-refractivity contribution in [3.63, 3.8) is 0 Å². The van der Waals surface area contributed by atoms with Gasteiger partial charge in [0, 0.05) is 6.08 Å². The van der Waals surface area contributed by atoms with E-state index in [2.05, 4.69) is 4.74 Å². The normalized spacial score (nSPS) is 12.3. The molecule has 15 heavy (non-hydrogen) atoms. The van der Waals surface area contributed by atoms with Crippen molar-refractivity contribution in [3.05, 3.63) is 42.2 Å². The van der Waals surface area contributed by atoms with Gasteiger partial charge in [-0.25, -0.2) is 0 Å². The summed E-state index contributed by atoms with van der Waals surface area (Å²) >= 11 is 0. The van der Waals surface area contributed by atoms with Gasteiger partial charge in [-0.15, -0.1) is 0 Å². The quantitative estimate of drug-likeness (QED) is 0.441. The number of allylic oxidation sites excluding steroid dienone is 2. The lowest BCUT2D eigenvalue weighted by Gasteiger charge is -2.11. The number of alkyl halides is 3. The largest absolute Gasteiger partial charge is 0.452 e. The van der Waals surface area contributed by atoms with Crippen LogP contribution in [0.25, 0.3) is 0 Å². The summed E-state index contributed by atoms with van der Waals surface area (Å²) in [5, 5.41) is 0. The van der Waals surface area contributed by atoms with Crippen LogP contribution in [-0.4, -0.2) is 12.5 Å². The fraction of sp³-hybridized carbons (Fsp3) is 0.100. The zero-order valence-electron chi connectivity index (χ0n) is 7.49. The summed E-state index contributed by atoms with van der Waals surface area (Å²) in [6, 6.07) is 7.44. The van der Waals surface area contributed by atoms with Crippen LogP contribution in [0.1, 0.15) is 0 Å². The highest BCUT2D eigenvalue weighted by molar-refractivity contribution is 5.66. The van der Waals surface area contributed by atoms with Crippen LogP contribution in [-0.2, 0) is 4.79 Å². The maximum Gasteiger partial charge on any atom is 0.449 e. The van der Waals surface area contributed by atoms with Crippen LogP contribution in [0, 0.1) is 0 Å². The summed E-state index contributed by atoms with van der Waals surface area (Å²) < 4.78 is 41.2. The molecule has 80 valence electrons. The minimum absolute atomic E-state index is 0.0305. The van der Waals surface area contributed by atoms with Crippen LogP contribution in [0.5, 0.6) is 5.75 Å². The lowest BCUT2D eigenvalue weighted by Crippen LogP contribution is -2.17. The lowest BCUT2D eigenvalue weighted by atomic mass is 10.3. The average molecular weight is 216 g/mol. The van der Waals surface area contributed by atoms with Crippen LogP contribution in [0.3, 0.4) is 0 Å². The molecule has 0 amide bonds. The minimum Gasteiger partial charge on any atom is -0.452 e. The van der Waals surface area contributed by atoms with E-state index >= 15 is 0 Å². The maximum atomic E-state index is 12.2. The Bertz CT molecular complexity index is 355. The first-order valence-electron chi connectivity index (χ1n) is 3.99. The molecule has 0 fully saturated rings. The lowest BCUT2D eigenvalue weighted by molar-refractivity contribution is -0.119. The van der Waals surface area contributed by atoms with Crippen LogP contribution in [0.2, 0.25) is 0 Å². The van der Waals surface area contributed by atoms with Crippen LogP contribution >= 0.6 is 0 Å². The highest BCUT2D eigenvalue weighted by Crippen LogP contribution is 2.27. The Balaban J connectivity index is 2.86. The molecule has 1 aromatic rings. The molecular formula is C10H7F3O2. The van der Waals surface area contributed by atoms with Gasteiger partial charge in [-0.05, 0) is 12.1 Å². The van der Waals surface area contributed by atoms with Crippen LogP contribution in [0.4, 0.5) is 13.2 Å². The van der Waals surface area contributed by atoms with E-state index in [1.807, 2.05) is 0 Å². The molecule has 0 N–H and O–H groups in total. The van der Waals surface area contributed by atoms with E-state index in [4.69, 9.17) is 0 Å². The summed E-state index contributed by atoms with van der Waals surface area (Å²) in [7, 11) is 0. The van der Waals surface area contributed by atoms with Crippen molar-refractivity contribution >= 4 is 6.29 Å². The van der Waals surface area contributed by atoms with Crippen LogP contribution < -0.4 is 4.74 Å². The van der Waals surface area contributed by atoms with E-state index in [-0.39, 0.29) is 12.0 Å². The SMILES string of the molecule is O=C/C=C(/Oc1ccccc1)C(F)(F)F. The molecule has 1 rings (SSSR count). The van der Waals surface area contributed by atoms with E-state index < -0.39 is 11.9 Å². The molecule has 0 bridgehead atoms. The Hall–Kier alpha value is -1.78. The molecule has 0 aliphatic carbocycles. The number of para-hydroxylation sites is 1. The zero-order valence-corrected chi connectivity index (χ0v) is 7.49. The number of ether oxygens (including phenoxy) is 1. The topological polar surface area (TPSA) is 26.3 Å². The number of hydrogen-bond donors (Lipinski definition) is 0. The molecule has 0 aliphatic heterocycles. The van der Waals surface area contributed by atoms with Crippen molar-refractivity contribution in [1.29, 1.82) is 0 Å². The van der Waals surface area contributed by atoms with Gasteiger partial charge in [0.25, 0.3) is 0 Å². The molecule has 0 spiro atoms. The molecule has 0 saturated heterocycles. The summed E-state index contributed by atoms with van der Waals surface area (Å²) in [6.07, 6.45) is -4.30. The molecule has 5 heteroatoms. The van der Waals surface area contributed by atoms with Gasteiger partial charge in [0.15, 0.2) is 0 Å². The molecule has 0 saturated carbocycles. The summed E-state index contributed by atoms with van der Waals surface area (Å²) in [6.45, 7) is 0. The number of aldehydes is 1. The summed E-state index contributed by atoms with van der Waals surface area (Å²) in [5.41, 5.74) is 0. The number of carbonyl (C=O) groups excluding carboxylic acids is 1. The van der Waals surface area contributed by atoms with E-state index in [9.17, 15) is 18.0 Å². The third kappa shape index (κ3) is 3.46. The third-order valence-corrected chi connectivity index (χ3v) is 1.47. The first-order valence-corrected chi connectivity index (χ1v) is 3.99. The third-order valence-electron chi connectivity index (χ3n) is 1.47. The van der Waals surface area contributed by atoms with Gasteiger partial charge in [-0.3, -0.25) is 4.79 Å². The minimum atomic E-state index is -4.67. The summed E-state index contributed by atoms with van der Waals surface area (Å²) in [4.78, 5) is 10.00. The average Bonchev–Trinajstić information content (AvgIpc) is 2.17. The fourth-order valence-electron chi connectivity index (χ4n) is 0.864. The van der Waals surface area contributed by atoms with Crippen molar-refractivity contribution < 1.29 is 22.7 Å². The second-order valence-electron chi connectivity index (χ2n) is 2.58. The van der Waals surface area contributed by atoms with Crippen LogP contribution in [0.15, 0.2) is 42.2 Å². The van der Waals surface area contributed by atoms with Gasteiger partial charge < -0.3 is 4.74 Å². The highest BCUT2D eigenvalue weighted by Gasteiger charge is 2.36. The van der Waals surface area contributed by atoms with Crippen molar-refractivity contribution in [3.8, 4) is 5.75 Å². The predicted octanol–water partition coefficient (Wildman–Crippen LogP) is 2.71. The molecule has 1 aromatic carbocycles. The molecule has 0 aliphatic rings. The second-order valence-corrected chi connectivity index (χ2v) is 2.58. The number of hydrogen-bond acceptors (Lipinski definition) is 2. The van der Waals surface area contributed by atoms with Gasteiger partial charge in [-0.2, -0.15) is 13.2 Å². The Labute approximate surface area is 84.0 Å². The van der Waals surface area contributed by atoms with Gasteiger partial charge >= 0.3 is 6.18 Å². The molecule has 0 heterocycles. The predicted molar refractivity (Wildman–Crippen MR) is 47.3 cm³/mol. The van der Waals surface area contributed by atoms with Crippen molar-refractivity contribution in [1.82, 2.24) is 0 Å². The Kier molecular flexibility index (Phi) is 3.49. The van der Waals surface area contributed by atoms with Gasteiger partial charge in [-0.1, -0.05) is 18.2 Å². The van der Waals surface area contributed by atoms with E-state index in [1.54, 1.807) is 6.07 Å². The Morgan fingerprint density at radius 3 is 2.27 bits per heavy atom. The first-order chi connectivity index (χ1) is 7.04. The number of halogens is 3. The molecular weight excluding hydrogens is 209 g/mol. The van der Waals surface area contributed by atoms with E-state index in [0.29, 0.717) is 6.08 Å². The van der Waals surface area contributed by atoms with Gasteiger partial charge in [0.2, 0.25) is 5.76 Å². The molecule has 2 nitrogen and oxygen atoms in total. The van der Waals surface area contributed by atoms with Crippen molar-refractivity contribution in [2.24, 2.45) is 0 Å². The summed E-state index contributed by atoms with van der Waals surface area (Å²) in [5.74, 6) is -1.30. The van der Waals surface area contributed by atoms with Gasteiger partial charge in [0.05, 0.1) is 0 Å². The van der Waals surface area contributed by atoms with E-state index in [0.717, 1.165) is 0 Å². The number of rotatable bonds is 3. The highest BCUT2D eigenvalue weighted by atomic mass is 19.4. The number of carbonyl (C=O) groups is 1. The van der Waals surface area contributed by atoms with Crippen molar-refractivity contribution in [2.75, 3.05) is 0 Å². The monoisotopic (exact) mass is 216 g/mol. The van der Waals surface area contributed by atoms with Gasteiger partial charge in [0.1, 0.15) is 12.0 Å². The fourth-order valence-corrected chi connectivity index (χ4v) is 0.864. The van der Waals surface area contributed by atoms with Crippen molar-refractivity contribution in [2.45, 2.75) is 6.18 Å². The smallest absolute Gasteiger partial charge is 0.449 e. The molecule has 0 atom stereocenters. The molecule has 0 radical (unpaired) electrons. The molecule has 0 aromatic heterocycles. The van der Waals surface area contributed by atoms with E-state index in [1.165, 1.54) is 24.3 Å². The number of benzene rings is 1. The Morgan fingerprint density at radius 2 is 1.80 bits per heavy atom. The molecule has 0 unspecified atom stereocenters. The Morgan fingerprint density at radius 1 is 1.20 bits per heavy atom. The second kappa shape index (κ2) is 4.63. The first kappa shape index (κ1) is 11.3. The maximum absolute atomic E-state index is 12.2. The zero-order chi connectivity index (χ0) is 11.3. The standard InChI is InChI=1S/C10H7F3O2/c11-10(12,13)9(6-7-14)15-8-4-2-1-3-5-8/h1-7H/b9-6+.